The Hall–Kier alpha value is -4.32. The highest BCUT2D eigenvalue weighted by molar-refractivity contribution is 6.99. The van der Waals surface area contributed by atoms with Gasteiger partial charge in [0, 0.05) is 39.0 Å². The third kappa shape index (κ3) is 5.98. The molecule has 2 aromatic carbocycles. The van der Waals surface area contributed by atoms with E-state index in [2.05, 4.69) is 30.5 Å². The fraction of sp³-hybridized carbons (Fsp3) is 0.217. The molecular formula is C23H26N9O2S+. The number of benzene rings is 2. The van der Waals surface area contributed by atoms with E-state index in [-0.39, 0.29) is 5.56 Å². The van der Waals surface area contributed by atoms with Gasteiger partial charge < -0.3 is 19.9 Å². The van der Waals surface area contributed by atoms with Crippen molar-refractivity contribution in [2.75, 3.05) is 50.4 Å². The fourth-order valence-corrected chi connectivity index (χ4v) is 3.74. The number of H-pyrrole nitrogens is 1. The van der Waals surface area contributed by atoms with Crippen molar-refractivity contribution in [3.05, 3.63) is 69.0 Å². The Labute approximate surface area is 205 Å². The van der Waals surface area contributed by atoms with Crippen molar-refractivity contribution in [2.24, 2.45) is 5.11 Å². The highest BCUT2D eigenvalue weighted by Gasteiger charge is 2.10. The van der Waals surface area contributed by atoms with Gasteiger partial charge >= 0.3 is 5.56 Å². The monoisotopic (exact) mass is 492 g/mol. The van der Waals surface area contributed by atoms with Crippen LogP contribution in [0.2, 0.25) is 0 Å². The van der Waals surface area contributed by atoms with Gasteiger partial charge in [0.1, 0.15) is 15.3 Å². The zero-order valence-corrected chi connectivity index (χ0v) is 20.9. The van der Waals surface area contributed by atoms with Crippen LogP contribution in [0.5, 0.6) is 5.75 Å². The minimum Gasteiger partial charge on any atom is -0.497 e. The van der Waals surface area contributed by atoms with E-state index in [1.54, 1.807) is 13.2 Å². The first-order valence-corrected chi connectivity index (χ1v) is 11.4. The predicted molar refractivity (Wildman–Crippen MR) is 137 cm³/mol. The van der Waals surface area contributed by atoms with E-state index in [0.717, 1.165) is 17.0 Å². The molecule has 35 heavy (non-hydrogen) atoms. The lowest BCUT2D eigenvalue weighted by atomic mass is 10.2. The van der Waals surface area contributed by atoms with Crippen LogP contribution in [0.3, 0.4) is 0 Å². The summed E-state index contributed by atoms with van der Waals surface area (Å²) in [6.07, 6.45) is 1.80. The van der Waals surface area contributed by atoms with E-state index in [4.69, 9.17) is 4.74 Å². The molecule has 0 fully saturated rings. The zero-order valence-electron chi connectivity index (χ0n) is 20.1. The van der Waals surface area contributed by atoms with Crippen molar-refractivity contribution < 1.29 is 8.61 Å². The van der Waals surface area contributed by atoms with Gasteiger partial charge in [-0.25, -0.2) is 0 Å². The molecule has 12 heteroatoms. The molecule has 11 nitrogen and oxygen atoms in total. The molecule has 2 N–H and O–H groups in total. The molecule has 0 aliphatic rings. The number of aromatic amines is 1. The third-order valence-electron chi connectivity index (χ3n) is 4.74. The fourth-order valence-electron chi connectivity index (χ4n) is 2.97. The van der Waals surface area contributed by atoms with Gasteiger partial charge in [0.2, 0.25) is 29.4 Å². The quantitative estimate of drug-likeness (QED) is 0.376. The van der Waals surface area contributed by atoms with Gasteiger partial charge in [-0.1, -0.05) is 17.2 Å². The first-order valence-electron chi connectivity index (χ1n) is 10.6. The summed E-state index contributed by atoms with van der Waals surface area (Å²) in [5.41, 5.74) is 2.11. The molecule has 4 rings (SSSR count). The first kappa shape index (κ1) is 23.8. The lowest BCUT2D eigenvalue weighted by molar-refractivity contribution is -0.537. The van der Waals surface area contributed by atoms with Crippen LogP contribution in [0.4, 0.5) is 29.2 Å². The average molecular weight is 493 g/mol. The molecule has 0 saturated carbocycles. The molecule has 0 radical (unpaired) electrons. The highest BCUT2D eigenvalue weighted by atomic mass is 32.1. The van der Waals surface area contributed by atoms with Gasteiger partial charge in [-0.15, -0.1) is 0 Å². The summed E-state index contributed by atoms with van der Waals surface area (Å²) in [5, 5.41) is 10.4. The molecule has 0 aliphatic carbocycles. The summed E-state index contributed by atoms with van der Waals surface area (Å²) in [4.78, 5) is 29.3. The number of anilines is 4. The van der Waals surface area contributed by atoms with Crippen LogP contribution in [-0.4, -0.2) is 55.4 Å². The van der Waals surface area contributed by atoms with Crippen LogP contribution in [0.15, 0.2) is 58.4 Å². The SMILES string of the molecule is COc1cccc(/C=c2\s[n+](=Nc3ccc(Nc4nc(N(C)C)nc(N(C)C)n4)cc3)[nH]c2=O)c1. The second kappa shape index (κ2) is 10.3. The molecule has 180 valence electrons. The topological polar surface area (TPSA) is 118 Å². The van der Waals surface area contributed by atoms with E-state index in [1.807, 2.05) is 86.5 Å². The van der Waals surface area contributed by atoms with Gasteiger partial charge in [-0.3, -0.25) is 4.79 Å². The molecule has 2 aromatic heterocycles. The predicted octanol–water partition coefficient (Wildman–Crippen LogP) is 1.99. The molecular weight excluding hydrogens is 466 g/mol. The summed E-state index contributed by atoms with van der Waals surface area (Å²) in [6.45, 7) is 0. The minimum atomic E-state index is -0.219. The van der Waals surface area contributed by atoms with Crippen LogP contribution in [0, 0.1) is 0 Å². The molecule has 0 bridgehead atoms. The lowest BCUT2D eigenvalue weighted by Crippen LogP contribution is -2.22. The van der Waals surface area contributed by atoms with E-state index in [9.17, 15) is 4.79 Å². The summed E-state index contributed by atoms with van der Waals surface area (Å²) in [5.74, 6) is 2.27. The van der Waals surface area contributed by atoms with Crippen LogP contribution in [0.1, 0.15) is 5.56 Å². The summed E-state index contributed by atoms with van der Waals surface area (Å²) < 4.78 is 7.21. The van der Waals surface area contributed by atoms with Crippen molar-refractivity contribution in [1.82, 2.24) is 20.1 Å². The van der Waals surface area contributed by atoms with Crippen LogP contribution in [-0.2, 0) is 0 Å². The van der Waals surface area contributed by atoms with Crippen molar-refractivity contribution in [2.45, 2.75) is 0 Å². The number of hydrogen-bond donors (Lipinski definition) is 2. The molecule has 0 saturated heterocycles. The Morgan fingerprint density at radius 2 is 1.71 bits per heavy atom. The number of hydrogen-bond acceptors (Lipinski definition) is 10. The minimum absolute atomic E-state index is 0.219. The normalized spacial score (nSPS) is 12.0. The highest BCUT2D eigenvalue weighted by Crippen LogP contribution is 2.20. The number of ether oxygens (including phenoxy) is 1. The molecule has 0 spiro atoms. The average Bonchev–Trinajstić information content (AvgIpc) is 3.18. The zero-order chi connectivity index (χ0) is 24.9. The standard InChI is InChI=1S/C23H25N9O2S/c1-30(2)22-25-21(26-23(27-22)31(3)4)24-16-9-11-17(12-10-16)28-32-29-20(33)19(35-32)14-15-7-6-8-18(13-15)34-5/h6-14H,1-5H3,(H,29,33)/p+1/b19-14-. The van der Waals surface area contributed by atoms with Gasteiger partial charge in [-0.2, -0.15) is 15.0 Å². The van der Waals surface area contributed by atoms with Crippen LogP contribution < -0.4 is 33.8 Å². The third-order valence-corrected chi connectivity index (χ3v) is 5.58. The maximum atomic E-state index is 12.4. The number of nitrogens with zero attached hydrogens (tertiary/aromatic N) is 7. The van der Waals surface area contributed by atoms with Crippen molar-refractivity contribution >= 4 is 46.8 Å². The van der Waals surface area contributed by atoms with Crippen LogP contribution >= 0.6 is 11.5 Å². The summed E-state index contributed by atoms with van der Waals surface area (Å²) in [7, 11) is 9.11. The van der Waals surface area contributed by atoms with Gasteiger partial charge in [0.25, 0.3) is 0 Å². The number of rotatable bonds is 7. The Balaban J connectivity index is 1.56. The Kier molecular flexibility index (Phi) is 7.01. The van der Waals surface area contributed by atoms with Crippen molar-refractivity contribution in [1.29, 1.82) is 0 Å². The largest absolute Gasteiger partial charge is 0.497 e. The first-order chi connectivity index (χ1) is 16.8. The number of aromatic nitrogens is 5. The Morgan fingerprint density at radius 1 is 1.03 bits per heavy atom. The second-order valence-corrected chi connectivity index (χ2v) is 8.88. The molecule has 4 aromatic rings. The Bertz CT molecular complexity index is 1470. The molecule has 2 heterocycles. The van der Waals surface area contributed by atoms with Gasteiger partial charge in [-0.05, 0) is 48.0 Å². The van der Waals surface area contributed by atoms with Crippen molar-refractivity contribution in [3.63, 3.8) is 0 Å². The van der Waals surface area contributed by atoms with E-state index < -0.39 is 0 Å². The van der Waals surface area contributed by atoms with E-state index >= 15 is 0 Å². The van der Waals surface area contributed by atoms with E-state index in [1.165, 1.54) is 15.4 Å². The van der Waals surface area contributed by atoms with E-state index in [0.29, 0.717) is 28.1 Å². The van der Waals surface area contributed by atoms with Crippen LogP contribution in [0.25, 0.3) is 6.08 Å². The molecule has 0 aliphatic heterocycles. The smallest absolute Gasteiger partial charge is 0.325 e. The van der Waals surface area contributed by atoms with Gasteiger partial charge in [0.15, 0.2) is 4.53 Å². The molecule has 0 amide bonds. The number of nitrogens with one attached hydrogen (secondary N) is 2. The summed E-state index contributed by atoms with van der Waals surface area (Å²) >= 11 is 1.21. The Morgan fingerprint density at radius 3 is 2.34 bits per heavy atom. The van der Waals surface area contributed by atoms with Gasteiger partial charge in [0.05, 0.1) is 7.11 Å². The van der Waals surface area contributed by atoms with Crippen molar-refractivity contribution in [3.8, 4) is 5.75 Å². The maximum absolute atomic E-state index is 12.4. The number of methoxy groups -OCH3 is 1. The second-order valence-electron chi connectivity index (χ2n) is 7.91. The molecule has 0 atom stereocenters. The molecule has 0 unspecified atom stereocenters. The summed E-state index contributed by atoms with van der Waals surface area (Å²) in [6, 6.07) is 14.9. The maximum Gasteiger partial charge on any atom is 0.325 e. The lowest BCUT2D eigenvalue weighted by Gasteiger charge is -2.16.